The molecule has 0 spiro atoms. The van der Waals surface area contributed by atoms with Gasteiger partial charge in [0.25, 0.3) is 5.91 Å². The molecule has 3 atom stereocenters. The highest BCUT2D eigenvalue weighted by Crippen LogP contribution is 2.45. The molecule has 26 heavy (non-hydrogen) atoms. The molecule has 2 heterocycles. The fourth-order valence-corrected chi connectivity index (χ4v) is 4.35. The summed E-state index contributed by atoms with van der Waals surface area (Å²) >= 11 is 0. The molecule has 1 aromatic heterocycles. The van der Waals surface area contributed by atoms with Gasteiger partial charge in [-0.1, -0.05) is 6.42 Å². The van der Waals surface area contributed by atoms with Gasteiger partial charge in [0.15, 0.2) is 5.69 Å². The maximum Gasteiger partial charge on any atom is 0.434 e. The van der Waals surface area contributed by atoms with Crippen LogP contribution in [0, 0.1) is 11.8 Å². The molecule has 3 aliphatic rings. The van der Waals surface area contributed by atoms with Crippen molar-refractivity contribution in [2.24, 2.45) is 11.8 Å². The number of nitrogens with zero attached hydrogens (tertiary/aromatic N) is 3. The SMILES string of the molecule is O=C(c1cnc(N[C@@H]2C[C@H]3CC[C@@H]2C3)nc1C(F)(F)F)N1CCOCC1. The Kier molecular flexibility index (Phi) is 4.50. The molecule has 1 aliphatic heterocycles. The normalized spacial score (nSPS) is 28.4. The van der Waals surface area contributed by atoms with Gasteiger partial charge in [-0.05, 0) is 31.1 Å². The van der Waals surface area contributed by atoms with Crippen molar-refractivity contribution in [3.05, 3.63) is 17.5 Å². The van der Waals surface area contributed by atoms with Crippen LogP contribution in [-0.4, -0.2) is 53.1 Å². The van der Waals surface area contributed by atoms with Gasteiger partial charge in [-0.15, -0.1) is 0 Å². The minimum atomic E-state index is -4.72. The van der Waals surface area contributed by atoms with Gasteiger partial charge >= 0.3 is 6.18 Å². The molecule has 2 bridgehead atoms. The van der Waals surface area contributed by atoms with E-state index in [4.69, 9.17) is 4.74 Å². The lowest BCUT2D eigenvalue weighted by molar-refractivity contribution is -0.141. The number of alkyl halides is 3. The Balaban J connectivity index is 1.57. The summed E-state index contributed by atoms with van der Waals surface area (Å²) in [5, 5.41) is 3.06. The largest absolute Gasteiger partial charge is 0.434 e. The zero-order valence-corrected chi connectivity index (χ0v) is 14.3. The van der Waals surface area contributed by atoms with Crippen LogP contribution in [0.4, 0.5) is 19.1 Å². The lowest BCUT2D eigenvalue weighted by Gasteiger charge is -2.28. The van der Waals surface area contributed by atoms with Crippen LogP contribution in [-0.2, 0) is 10.9 Å². The second-order valence-electron chi connectivity index (χ2n) is 7.28. The lowest BCUT2D eigenvalue weighted by atomic mass is 9.95. The van der Waals surface area contributed by atoms with E-state index in [1.165, 1.54) is 11.3 Å². The second-order valence-corrected chi connectivity index (χ2v) is 7.28. The van der Waals surface area contributed by atoms with Crippen LogP contribution in [0.25, 0.3) is 0 Å². The summed E-state index contributed by atoms with van der Waals surface area (Å²) in [6, 6.07) is 0.121. The molecule has 1 aromatic rings. The van der Waals surface area contributed by atoms with Crippen LogP contribution in [0.3, 0.4) is 0 Å². The van der Waals surface area contributed by atoms with E-state index in [1.807, 2.05) is 0 Å². The fourth-order valence-electron chi connectivity index (χ4n) is 4.35. The number of carbonyl (C=O) groups is 1. The number of anilines is 1. The first-order valence-corrected chi connectivity index (χ1v) is 8.99. The topological polar surface area (TPSA) is 67.4 Å². The van der Waals surface area contributed by atoms with Gasteiger partial charge in [-0.25, -0.2) is 9.97 Å². The smallest absolute Gasteiger partial charge is 0.378 e. The van der Waals surface area contributed by atoms with Gasteiger partial charge in [0.2, 0.25) is 5.95 Å². The molecule has 4 rings (SSSR count). The highest BCUT2D eigenvalue weighted by Gasteiger charge is 2.42. The number of fused-ring (bicyclic) bond motifs is 2. The third kappa shape index (κ3) is 3.36. The molecule has 9 heteroatoms. The van der Waals surface area contributed by atoms with Gasteiger partial charge in [0.05, 0.1) is 18.8 Å². The Morgan fingerprint density at radius 2 is 2.00 bits per heavy atom. The number of ether oxygens (including phenoxy) is 1. The van der Waals surface area contributed by atoms with Gasteiger partial charge in [0.1, 0.15) is 0 Å². The molecule has 3 fully saturated rings. The van der Waals surface area contributed by atoms with Crippen LogP contribution < -0.4 is 5.32 Å². The van der Waals surface area contributed by atoms with Crippen molar-refractivity contribution in [1.29, 1.82) is 0 Å². The van der Waals surface area contributed by atoms with Crippen LogP contribution in [0.1, 0.15) is 41.7 Å². The Hall–Kier alpha value is -1.90. The predicted molar refractivity (Wildman–Crippen MR) is 86.6 cm³/mol. The van der Waals surface area contributed by atoms with Crippen molar-refractivity contribution in [1.82, 2.24) is 14.9 Å². The molecule has 0 radical (unpaired) electrons. The highest BCUT2D eigenvalue weighted by atomic mass is 19.4. The molecule has 0 aromatic carbocycles. The molecule has 6 nitrogen and oxygen atoms in total. The number of carbonyl (C=O) groups excluding carboxylic acids is 1. The molecule has 0 unspecified atom stereocenters. The van der Waals surface area contributed by atoms with Crippen LogP contribution in [0.2, 0.25) is 0 Å². The van der Waals surface area contributed by atoms with E-state index in [-0.39, 0.29) is 25.1 Å². The van der Waals surface area contributed by atoms with Crippen molar-refractivity contribution < 1.29 is 22.7 Å². The molecule has 1 N–H and O–H groups in total. The average molecular weight is 370 g/mol. The zero-order chi connectivity index (χ0) is 18.3. The average Bonchev–Trinajstić information content (AvgIpc) is 3.24. The van der Waals surface area contributed by atoms with E-state index < -0.39 is 23.3 Å². The summed E-state index contributed by atoms with van der Waals surface area (Å²) in [6.07, 6.45) is 0.655. The Bertz CT molecular complexity index is 691. The second kappa shape index (κ2) is 6.68. The molecular formula is C17H21F3N4O2. The molecule has 1 amide bonds. The lowest BCUT2D eigenvalue weighted by Crippen LogP contribution is -2.41. The molecule has 1 saturated heterocycles. The fraction of sp³-hybridized carbons (Fsp3) is 0.706. The van der Waals surface area contributed by atoms with Gasteiger partial charge in [-0.3, -0.25) is 4.79 Å². The Labute approximate surface area is 149 Å². The Morgan fingerprint density at radius 3 is 2.62 bits per heavy atom. The minimum absolute atomic E-state index is 0.0478. The standard InChI is InChI=1S/C17H21F3N4O2/c18-17(19,20)14-12(15(25)24-3-5-26-6-4-24)9-21-16(23-14)22-13-8-10-1-2-11(13)7-10/h9-11,13H,1-8H2,(H,21,22,23)/t10-,11+,13+/m0/s1. The van der Waals surface area contributed by atoms with E-state index in [1.54, 1.807) is 0 Å². The predicted octanol–water partition coefficient (Wildman–Crippen LogP) is 2.57. The number of rotatable bonds is 3. The quantitative estimate of drug-likeness (QED) is 0.886. The maximum atomic E-state index is 13.5. The zero-order valence-electron chi connectivity index (χ0n) is 14.3. The van der Waals surface area contributed by atoms with E-state index in [9.17, 15) is 18.0 Å². The molecule has 2 aliphatic carbocycles. The van der Waals surface area contributed by atoms with E-state index >= 15 is 0 Å². The Morgan fingerprint density at radius 1 is 1.23 bits per heavy atom. The maximum absolute atomic E-state index is 13.5. The van der Waals surface area contributed by atoms with Crippen molar-refractivity contribution in [3.63, 3.8) is 0 Å². The van der Waals surface area contributed by atoms with Gasteiger partial charge in [0, 0.05) is 25.3 Å². The molecular weight excluding hydrogens is 349 g/mol. The van der Waals surface area contributed by atoms with Crippen molar-refractivity contribution >= 4 is 11.9 Å². The third-order valence-corrected chi connectivity index (χ3v) is 5.64. The van der Waals surface area contributed by atoms with Crippen LogP contribution >= 0.6 is 0 Å². The first-order chi connectivity index (χ1) is 12.4. The minimum Gasteiger partial charge on any atom is -0.378 e. The van der Waals surface area contributed by atoms with E-state index in [2.05, 4.69) is 15.3 Å². The number of amides is 1. The number of aromatic nitrogens is 2. The highest BCUT2D eigenvalue weighted by molar-refractivity contribution is 5.95. The van der Waals surface area contributed by atoms with E-state index in [0.717, 1.165) is 25.5 Å². The van der Waals surface area contributed by atoms with E-state index in [0.29, 0.717) is 25.0 Å². The van der Waals surface area contributed by atoms with Crippen LogP contribution in [0.5, 0.6) is 0 Å². The number of morpholine rings is 1. The van der Waals surface area contributed by atoms with Crippen molar-refractivity contribution in [3.8, 4) is 0 Å². The molecule has 2 saturated carbocycles. The number of halogens is 3. The summed E-state index contributed by atoms with van der Waals surface area (Å²) in [7, 11) is 0. The summed E-state index contributed by atoms with van der Waals surface area (Å²) in [5.74, 6) is 0.384. The van der Waals surface area contributed by atoms with Crippen molar-refractivity contribution in [2.45, 2.75) is 37.9 Å². The number of hydrogen-bond donors (Lipinski definition) is 1. The molecule has 142 valence electrons. The third-order valence-electron chi connectivity index (χ3n) is 5.64. The number of hydrogen-bond acceptors (Lipinski definition) is 5. The summed E-state index contributed by atoms with van der Waals surface area (Å²) in [4.78, 5) is 21.5. The first-order valence-electron chi connectivity index (χ1n) is 8.99. The first kappa shape index (κ1) is 17.5. The summed E-state index contributed by atoms with van der Waals surface area (Å²) in [6.45, 7) is 1.16. The van der Waals surface area contributed by atoms with Gasteiger partial charge < -0.3 is 15.0 Å². The van der Waals surface area contributed by atoms with Crippen molar-refractivity contribution in [2.75, 3.05) is 31.6 Å². The summed E-state index contributed by atoms with van der Waals surface area (Å²) in [5.41, 5.74) is -1.67. The monoisotopic (exact) mass is 370 g/mol. The van der Waals surface area contributed by atoms with Gasteiger partial charge in [-0.2, -0.15) is 13.2 Å². The summed E-state index contributed by atoms with van der Waals surface area (Å²) < 4.78 is 45.7. The number of nitrogens with one attached hydrogen (secondary N) is 1. The van der Waals surface area contributed by atoms with Crippen LogP contribution in [0.15, 0.2) is 6.20 Å².